The van der Waals surface area contributed by atoms with Crippen LogP contribution in [0.15, 0.2) is 53.7 Å². The van der Waals surface area contributed by atoms with Crippen LogP contribution < -0.4 is 10.5 Å². The van der Waals surface area contributed by atoms with Crippen molar-refractivity contribution in [1.29, 1.82) is 0 Å². The van der Waals surface area contributed by atoms with E-state index >= 15 is 0 Å². The Morgan fingerprint density at radius 1 is 1.28 bits per heavy atom. The number of amides is 1. The topological polar surface area (TPSA) is 97.4 Å². The van der Waals surface area contributed by atoms with Crippen LogP contribution >= 0.6 is 0 Å². The molecule has 152 valence electrons. The Hall–Kier alpha value is -3.06. The number of benzene rings is 2. The number of fused-ring (bicyclic) bond motifs is 1. The van der Waals surface area contributed by atoms with Crippen molar-refractivity contribution >= 4 is 11.7 Å². The van der Waals surface area contributed by atoms with Gasteiger partial charge in [-0.1, -0.05) is 47.6 Å². The lowest BCUT2D eigenvalue weighted by molar-refractivity contribution is -0.145. The van der Waals surface area contributed by atoms with Gasteiger partial charge in [-0.2, -0.15) is 0 Å². The molecule has 3 N–H and O–H groups in total. The molecular weight excluding hydrogens is 370 g/mol. The summed E-state index contributed by atoms with van der Waals surface area (Å²) >= 11 is 0. The smallest absolute Gasteiger partial charge is 0.231 e. The van der Waals surface area contributed by atoms with Crippen LogP contribution in [0.4, 0.5) is 0 Å². The van der Waals surface area contributed by atoms with Gasteiger partial charge in [0, 0.05) is 17.7 Å². The quantitative estimate of drug-likeness (QED) is 0.360. The van der Waals surface area contributed by atoms with E-state index in [0.29, 0.717) is 44.1 Å². The van der Waals surface area contributed by atoms with E-state index < -0.39 is 5.41 Å². The fourth-order valence-electron chi connectivity index (χ4n) is 3.94. The first-order chi connectivity index (χ1) is 14.0. The number of carbonyl (C=O) groups is 1. The van der Waals surface area contributed by atoms with Crippen LogP contribution in [0.5, 0.6) is 5.75 Å². The van der Waals surface area contributed by atoms with Gasteiger partial charge < -0.3 is 25.3 Å². The fraction of sp³-hybridized carbons (Fsp3) is 0.364. The predicted octanol–water partition coefficient (Wildman–Crippen LogP) is 2.67. The van der Waals surface area contributed by atoms with Crippen LogP contribution in [0.25, 0.3) is 0 Å². The van der Waals surface area contributed by atoms with Crippen molar-refractivity contribution in [2.45, 2.75) is 25.9 Å². The lowest BCUT2D eigenvalue weighted by atomic mass is 9.87. The molecule has 1 unspecified atom stereocenters. The van der Waals surface area contributed by atoms with Crippen molar-refractivity contribution in [3.63, 3.8) is 0 Å². The van der Waals surface area contributed by atoms with Gasteiger partial charge in [0.15, 0.2) is 5.84 Å². The molecule has 7 heteroatoms. The van der Waals surface area contributed by atoms with E-state index in [2.05, 4.69) is 5.16 Å². The van der Waals surface area contributed by atoms with Crippen molar-refractivity contribution in [1.82, 2.24) is 4.90 Å². The summed E-state index contributed by atoms with van der Waals surface area (Å²) in [5, 5.41) is 12.0. The largest absolute Gasteiger partial charge is 0.491 e. The molecule has 2 atom stereocenters. The summed E-state index contributed by atoms with van der Waals surface area (Å²) in [4.78, 5) is 15.5. The lowest BCUT2D eigenvalue weighted by Crippen LogP contribution is -2.45. The van der Waals surface area contributed by atoms with Gasteiger partial charge in [-0.15, -0.1) is 0 Å². The molecule has 0 spiro atoms. The maximum absolute atomic E-state index is 13.6. The summed E-state index contributed by atoms with van der Waals surface area (Å²) in [7, 11) is 0. The number of oxime groups is 1. The van der Waals surface area contributed by atoms with E-state index in [1.807, 2.05) is 48.2 Å². The van der Waals surface area contributed by atoms with Crippen LogP contribution in [-0.2, 0) is 16.1 Å². The number of carbonyl (C=O) groups excluding carboxylic acids is 1. The molecule has 0 aliphatic carbocycles. The molecule has 2 aromatic rings. The Morgan fingerprint density at radius 3 is 2.76 bits per heavy atom. The standard InChI is InChI=1S/C22H25N3O4/c1-22(9-10-28-14-22)21(26)25-12-17-8-7-16(20(23)24-27)11-19(17)29-13-18(25)15-5-3-2-4-6-15/h2-8,11,18,27H,9-10,12-14H2,1H3,(H2,23,24)/t18-,22?/m1/s1. The minimum atomic E-state index is -0.536. The minimum absolute atomic E-state index is 0.0174. The van der Waals surface area contributed by atoms with Crippen LogP contribution in [-0.4, -0.2) is 41.7 Å². The Morgan fingerprint density at radius 2 is 2.07 bits per heavy atom. The minimum Gasteiger partial charge on any atom is -0.491 e. The number of ether oxygens (including phenoxy) is 2. The molecule has 1 saturated heterocycles. The zero-order valence-electron chi connectivity index (χ0n) is 16.4. The highest BCUT2D eigenvalue weighted by atomic mass is 16.5. The third-order valence-electron chi connectivity index (χ3n) is 5.76. The summed E-state index contributed by atoms with van der Waals surface area (Å²) in [6.45, 7) is 3.74. The summed E-state index contributed by atoms with van der Waals surface area (Å²) in [5.41, 5.74) is 7.66. The molecule has 7 nitrogen and oxygen atoms in total. The van der Waals surface area contributed by atoms with Crippen LogP contribution in [0, 0.1) is 5.41 Å². The van der Waals surface area contributed by atoms with E-state index in [1.165, 1.54) is 0 Å². The van der Waals surface area contributed by atoms with Gasteiger partial charge in [0.2, 0.25) is 5.91 Å². The molecule has 2 heterocycles. The van der Waals surface area contributed by atoms with Crippen LogP contribution in [0.1, 0.15) is 36.1 Å². The highest BCUT2D eigenvalue weighted by Crippen LogP contribution is 2.38. The molecule has 1 fully saturated rings. The van der Waals surface area contributed by atoms with E-state index in [4.69, 9.17) is 20.4 Å². The molecule has 0 saturated carbocycles. The van der Waals surface area contributed by atoms with Gasteiger partial charge in [-0.3, -0.25) is 4.79 Å². The highest BCUT2D eigenvalue weighted by molar-refractivity contribution is 5.97. The van der Waals surface area contributed by atoms with Crippen molar-refractivity contribution < 1.29 is 19.5 Å². The van der Waals surface area contributed by atoms with Gasteiger partial charge in [0.1, 0.15) is 12.4 Å². The zero-order valence-corrected chi connectivity index (χ0v) is 16.4. The summed E-state index contributed by atoms with van der Waals surface area (Å²) in [6.07, 6.45) is 0.708. The molecule has 0 bridgehead atoms. The van der Waals surface area contributed by atoms with E-state index in [-0.39, 0.29) is 17.8 Å². The average Bonchev–Trinajstić information content (AvgIpc) is 3.11. The van der Waals surface area contributed by atoms with Gasteiger partial charge in [-0.25, -0.2) is 0 Å². The lowest BCUT2D eigenvalue weighted by Gasteiger charge is -2.35. The number of nitrogens with two attached hydrogens (primary N) is 1. The van der Waals surface area contributed by atoms with Gasteiger partial charge >= 0.3 is 0 Å². The third-order valence-corrected chi connectivity index (χ3v) is 5.76. The van der Waals surface area contributed by atoms with Gasteiger partial charge in [-0.05, 0) is 25.0 Å². The molecule has 1 amide bonds. The summed E-state index contributed by atoms with van der Waals surface area (Å²) in [5.74, 6) is 0.725. The normalized spacial score (nSPS) is 24.5. The molecule has 2 aliphatic rings. The Balaban J connectivity index is 1.73. The Labute approximate surface area is 169 Å². The zero-order chi connectivity index (χ0) is 20.4. The maximum atomic E-state index is 13.6. The highest BCUT2D eigenvalue weighted by Gasteiger charge is 2.43. The first kappa shape index (κ1) is 19.3. The van der Waals surface area contributed by atoms with E-state index in [0.717, 1.165) is 11.1 Å². The molecular formula is C22H25N3O4. The first-order valence-corrected chi connectivity index (χ1v) is 9.69. The number of amidine groups is 1. The molecule has 2 aliphatic heterocycles. The summed E-state index contributed by atoms with van der Waals surface area (Å²) < 4.78 is 11.6. The van der Waals surface area contributed by atoms with Crippen LogP contribution in [0.2, 0.25) is 0 Å². The van der Waals surface area contributed by atoms with Gasteiger partial charge in [0.25, 0.3) is 0 Å². The van der Waals surface area contributed by atoms with Crippen molar-refractivity contribution in [3.05, 3.63) is 65.2 Å². The monoisotopic (exact) mass is 395 g/mol. The number of nitrogens with zero attached hydrogens (tertiary/aromatic N) is 2. The molecule has 2 aromatic carbocycles. The molecule has 4 rings (SSSR count). The third kappa shape index (κ3) is 3.65. The second-order valence-corrected chi connectivity index (χ2v) is 7.84. The first-order valence-electron chi connectivity index (χ1n) is 9.69. The van der Waals surface area contributed by atoms with Crippen molar-refractivity contribution in [3.8, 4) is 5.75 Å². The molecule has 29 heavy (non-hydrogen) atoms. The van der Waals surface area contributed by atoms with Crippen molar-refractivity contribution in [2.24, 2.45) is 16.3 Å². The Bertz CT molecular complexity index is 923. The number of rotatable bonds is 3. The second kappa shape index (κ2) is 7.75. The molecule has 0 radical (unpaired) electrons. The second-order valence-electron chi connectivity index (χ2n) is 7.84. The number of hydrogen-bond acceptors (Lipinski definition) is 5. The van der Waals surface area contributed by atoms with Crippen LogP contribution in [0.3, 0.4) is 0 Å². The summed E-state index contributed by atoms with van der Waals surface area (Å²) in [6, 6.07) is 15.1. The van der Waals surface area contributed by atoms with E-state index in [1.54, 1.807) is 12.1 Å². The average molecular weight is 395 g/mol. The number of hydrogen-bond donors (Lipinski definition) is 2. The maximum Gasteiger partial charge on any atom is 0.231 e. The van der Waals surface area contributed by atoms with Crippen molar-refractivity contribution in [2.75, 3.05) is 19.8 Å². The van der Waals surface area contributed by atoms with Gasteiger partial charge in [0.05, 0.1) is 24.6 Å². The molecule has 0 aromatic heterocycles. The SMILES string of the molecule is CC1(C(=O)N2Cc3ccc(C(N)=NO)cc3OC[C@@H]2c2ccccc2)CCOC1. The predicted molar refractivity (Wildman–Crippen MR) is 108 cm³/mol. The van der Waals surface area contributed by atoms with E-state index in [9.17, 15) is 4.79 Å². The fourth-order valence-corrected chi connectivity index (χ4v) is 3.94. The Kier molecular flexibility index (Phi) is 5.15.